The van der Waals surface area contributed by atoms with Gasteiger partial charge in [-0.3, -0.25) is 9.71 Å². The minimum atomic E-state index is -3.78. The van der Waals surface area contributed by atoms with Crippen LogP contribution in [0.15, 0.2) is 58.2 Å². The summed E-state index contributed by atoms with van der Waals surface area (Å²) >= 11 is 0. The van der Waals surface area contributed by atoms with Gasteiger partial charge in [0.1, 0.15) is 5.76 Å². The molecular formula is C14H13N3O3S. The first-order valence-electron chi connectivity index (χ1n) is 6.25. The zero-order chi connectivity index (χ0) is 14.9. The van der Waals surface area contributed by atoms with E-state index in [1.165, 1.54) is 18.3 Å². The summed E-state index contributed by atoms with van der Waals surface area (Å²) in [4.78, 5) is 4.20. The third-order valence-electron chi connectivity index (χ3n) is 2.95. The first-order valence-corrected chi connectivity index (χ1v) is 7.73. The fourth-order valence-electron chi connectivity index (χ4n) is 1.94. The zero-order valence-electron chi connectivity index (χ0n) is 11.0. The van der Waals surface area contributed by atoms with Gasteiger partial charge in [-0.05, 0) is 24.3 Å². The van der Waals surface area contributed by atoms with Crippen LogP contribution in [0.1, 0.15) is 5.76 Å². The monoisotopic (exact) mass is 303 g/mol. The van der Waals surface area contributed by atoms with Crippen molar-refractivity contribution in [1.29, 1.82) is 0 Å². The van der Waals surface area contributed by atoms with Gasteiger partial charge in [-0.15, -0.1) is 0 Å². The van der Waals surface area contributed by atoms with Crippen molar-refractivity contribution in [2.45, 2.75) is 11.6 Å². The molecule has 0 amide bonds. The van der Waals surface area contributed by atoms with Crippen molar-refractivity contribution in [2.24, 2.45) is 5.73 Å². The van der Waals surface area contributed by atoms with Crippen LogP contribution < -0.4 is 10.5 Å². The average Bonchev–Trinajstić information content (AvgIpc) is 2.96. The Hall–Kier alpha value is -2.38. The minimum absolute atomic E-state index is 0.146. The molecule has 0 bridgehead atoms. The van der Waals surface area contributed by atoms with Gasteiger partial charge in [-0.2, -0.15) is 8.42 Å². The van der Waals surface area contributed by atoms with Gasteiger partial charge in [0.25, 0.3) is 10.0 Å². The van der Waals surface area contributed by atoms with Crippen LogP contribution in [-0.2, 0) is 16.6 Å². The summed E-state index contributed by atoms with van der Waals surface area (Å²) in [5.41, 5.74) is 6.57. The molecule has 21 heavy (non-hydrogen) atoms. The third kappa shape index (κ3) is 2.74. The molecule has 0 radical (unpaired) electrons. The van der Waals surface area contributed by atoms with Crippen LogP contribution in [0.3, 0.4) is 0 Å². The second kappa shape index (κ2) is 5.19. The molecule has 0 fully saturated rings. The number of rotatable bonds is 4. The molecule has 0 aliphatic carbocycles. The van der Waals surface area contributed by atoms with Crippen LogP contribution in [0.5, 0.6) is 0 Å². The number of para-hydroxylation sites is 1. The number of nitrogens with two attached hydrogens (primary N) is 1. The molecule has 2 aromatic heterocycles. The van der Waals surface area contributed by atoms with E-state index < -0.39 is 10.0 Å². The number of hydrogen-bond donors (Lipinski definition) is 2. The SMILES string of the molecule is NCc1ccc(S(=O)(=O)Nc2cnc3ccccc3c2)o1. The summed E-state index contributed by atoms with van der Waals surface area (Å²) in [5, 5.41) is 0.677. The lowest BCUT2D eigenvalue weighted by atomic mass is 10.2. The molecule has 3 N–H and O–H groups in total. The van der Waals surface area contributed by atoms with Gasteiger partial charge in [-0.1, -0.05) is 18.2 Å². The zero-order valence-corrected chi connectivity index (χ0v) is 11.8. The van der Waals surface area contributed by atoms with Crippen molar-refractivity contribution in [1.82, 2.24) is 4.98 Å². The fourth-order valence-corrected chi connectivity index (χ4v) is 2.93. The highest BCUT2D eigenvalue weighted by Gasteiger charge is 2.19. The highest BCUT2D eigenvalue weighted by atomic mass is 32.2. The Bertz CT molecular complexity index is 887. The smallest absolute Gasteiger partial charge is 0.295 e. The van der Waals surface area contributed by atoms with Gasteiger partial charge in [-0.25, -0.2) is 0 Å². The summed E-state index contributed by atoms with van der Waals surface area (Å²) in [6.45, 7) is 0.146. The van der Waals surface area contributed by atoms with Crippen LogP contribution in [0.2, 0.25) is 0 Å². The van der Waals surface area contributed by atoms with Gasteiger partial charge < -0.3 is 10.2 Å². The second-order valence-corrected chi connectivity index (χ2v) is 6.06. The number of nitrogens with one attached hydrogen (secondary N) is 1. The van der Waals surface area contributed by atoms with Crippen LogP contribution in [0, 0.1) is 0 Å². The van der Waals surface area contributed by atoms with Crippen LogP contribution >= 0.6 is 0 Å². The number of anilines is 1. The molecule has 7 heteroatoms. The Kier molecular flexibility index (Phi) is 3.36. The largest absolute Gasteiger partial charge is 0.446 e. The van der Waals surface area contributed by atoms with Gasteiger partial charge in [0.05, 0.1) is 23.9 Å². The highest BCUT2D eigenvalue weighted by Crippen LogP contribution is 2.21. The lowest BCUT2D eigenvalue weighted by molar-refractivity contribution is 0.417. The lowest BCUT2D eigenvalue weighted by Crippen LogP contribution is -2.12. The Morgan fingerprint density at radius 2 is 2.00 bits per heavy atom. The van der Waals surface area contributed by atoms with Crippen molar-refractivity contribution >= 4 is 26.6 Å². The second-order valence-electron chi connectivity index (χ2n) is 4.45. The van der Waals surface area contributed by atoms with Crippen LogP contribution in [0.25, 0.3) is 10.9 Å². The molecular weight excluding hydrogens is 290 g/mol. The van der Waals surface area contributed by atoms with Gasteiger partial charge in [0.15, 0.2) is 0 Å². The van der Waals surface area contributed by atoms with E-state index in [2.05, 4.69) is 9.71 Å². The molecule has 0 unspecified atom stereocenters. The van der Waals surface area contributed by atoms with Crippen LogP contribution in [0.4, 0.5) is 5.69 Å². The Labute approximate surface area is 121 Å². The summed E-state index contributed by atoms with van der Waals surface area (Å²) in [6.07, 6.45) is 1.46. The van der Waals surface area contributed by atoms with E-state index in [1.54, 1.807) is 6.07 Å². The summed E-state index contributed by atoms with van der Waals surface area (Å²) in [5.74, 6) is 0.409. The molecule has 0 atom stereocenters. The van der Waals surface area contributed by atoms with E-state index in [4.69, 9.17) is 10.2 Å². The summed E-state index contributed by atoms with van der Waals surface area (Å²) in [6, 6.07) is 12.1. The number of pyridine rings is 1. The average molecular weight is 303 g/mol. The Balaban J connectivity index is 1.93. The Morgan fingerprint density at radius 3 is 2.76 bits per heavy atom. The molecule has 2 heterocycles. The van der Waals surface area contributed by atoms with E-state index >= 15 is 0 Å². The van der Waals surface area contributed by atoms with Crippen molar-refractivity contribution < 1.29 is 12.8 Å². The number of sulfonamides is 1. The van der Waals surface area contributed by atoms with Crippen molar-refractivity contribution in [3.8, 4) is 0 Å². The maximum Gasteiger partial charge on any atom is 0.295 e. The van der Waals surface area contributed by atoms with E-state index in [9.17, 15) is 8.42 Å². The molecule has 108 valence electrons. The molecule has 0 saturated heterocycles. The van der Waals surface area contributed by atoms with Gasteiger partial charge >= 0.3 is 0 Å². The van der Waals surface area contributed by atoms with E-state index in [-0.39, 0.29) is 11.6 Å². The first kappa shape index (κ1) is 13.6. The van der Waals surface area contributed by atoms with Gasteiger partial charge in [0, 0.05) is 5.39 Å². The number of aromatic nitrogens is 1. The molecule has 0 saturated carbocycles. The number of fused-ring (bicyclic) bond motifs is 1. The lowest BCUT2D eigenvalue weighted by Gasteiger charge is -2.06. The molecule has 3 aromatic rings. The molecule has 0 spiro atoms. The maximum absolute atomic E-state index is 12.2. The Morgan fingerprint density at radius 1 is 1.19 bits per heavy atom. The molecule has 6 nitrogen and oxygen atoms in total. The minimum Gasteiger partial charge on any atom is -0.446 e. The quantitative estimate of drug-likeness (QED) is 0.769. The topological polar surface area (TPSA) is 98.2 Å². The predicted molar refractivity (Wildman–Crippen MR) is 79.2 cm³/mol. The normalized spacial score (nSPS) is 11.7. The number of hydrogen-bond acceptors (Lipinski definition) is 5. The molecule has 0 aliphatic heterocycles. The maximum atomic E-state index is 12.2. The van der Waals surface area contributed by atoms with Crippen molar-refractivity contribution in [2.75, 3.05) is 4.72 Å². The fraction of sp³-hybridized carbons (Fsp3) is 0.0714. The number of furan rings is 1. The highest BCUT2D eigenvalue weighted by molar-refractivity contribution is 7.92. The third-order valence-corrected chi connectivity index (χ3v) is 4.20. The number of benzene rings is 1. The van der Waals surface area contributed by atoms with Crippen LogP contribution in [-0.4, -0.2) is 13.4 Å². The standard InChI is InChI=1S/C14H13N3O3S/c15-8-12-5-6-14(20-12)21(18,19)17-11-7-10-3-1-2-4-13(10)16-9-11/h1-7,9,17H,8,15H2. The van der Waals surface area contributed by atoms with E-state index in [1.807, 2.05) is 24.3 Å². The summed E-state index contributed by atoms with van der Waals surface area (Å²) in [7, 11) is -3.78. The van der Waals surface area contributed by atoms with Crippen molar-refractivity contribution in [3.05, 3.63) is 54.4 Å². The van der Waals surface area contributed by atoms with E-state index in [0.29, 0.717) is 11.4 Å². The molecule has 3 rings (SSSR count). The predicted octanol–water partition coefficient (Wildman–Crippen LogP) is 2.09. The molecule has 1 aromatic carbocycles. The number of nitrogens with zero attached hydrogens (tertiary/aromatic N) is 1. The van der Waals surface area contributed by atoms with E-state index in [0.717, 1.165) is 10.9 Å². The van der Waals surface area contributed by atoms with Gasteiger partial charge in [0.2, 0.25) is 5.09 Å². The first-order chi connectivity index (χ1) is 10.1. The van der Waals surface area contributed by atoms with Crippen molar-refractivity contribution in [3.63, 3.8) is 0 Å². The molecule has 0 aliphatic rings. The summed E-state index contributed by atoms with van der Waals surface area (Å²) < 4.78 is 32.0.